The second-order valence-corrected chi connectivity index (χ2v) is 6.07. The number of thiazole rings is 1. The van der Waals surface area contributed by atoms with Crippen molar-refractivity contribution in [3.05, 3.63) is 40.7 Å². The topological polar surface area (TPSA) is 58.4 Å². The van der Waals surface area contributed by atoms with Gasteiger partial charge in [-0.15, -0.1) is 11.3 Å². The molecule has 0 aliphatic carbocycles. The van der Waals surface area contributed by atoms with Crippen molar-refractivity contribution in [1.29, 1.82) is 0 Å². The molecule has 21 heavy (non-hydrogen) atoms. The Labute approximate surface area is 128 Å². The first-order valence-electron chi connectivity index (χ1n) is 7.30. The summed E-state index contributed by atoms with van der Waals surface area (Å²) < 4.78 is 5.57. The number of rotatable bonds is 5. The Balaban J connectivity index is 1.66. The molecule has 1 fully saturated rings. The molecule has 5 nitrogen and oxygen atoms in total. The summed E-state index contributed by atoms with van der Waals surface area (Å²) in [5, 5.41) is 5.29. The third kappa shape index (κ3) is 3.51. The molecule has 3 heterocycles. The fraction of sp³-hybridized carbons (Fsp3) is 0.467. The average Bonchev–Trinajstić information content (AvgIpc) is 3.22. The molecule has 0 saturated carbocycles. The predicted molar refractivity (Wildman–Crippen MR) is 81.3 cm³/mol. The number of furan rings is 1. The number of nitrogens with zero attached hydrogens (tertiary/aromatic N) is 2. The number of hydrogen-bond acceptors (Lipinski definition) is 5. The minimum absolute atomic E-state index is 0.101. The molecular formula is C15H19N3O2S. The van der Waals surface area contributed by atoms with Crippen LogP contribution in [0, 0.1) is 0 Å². The van der Waals surface area contributed by atoms with Gasteiger partial charge in [0.15, 0.2) is 5.01 Å². The van der Waals surface area contributed by atoms with Gasteiger partial charge in [-0.2, -0.15) is 0 Å². The maximum absolute atomic E-state index is 12.1. The van der Waals surface area contributed by atoms with E-state index in [0.29, 0.717) is 11.6 Å². The summed E-state index contributed by atoms with van der Waals surface area (Å²) in [7, 11) is 0. The number of aromatic nitrogens is 1. The van der Waals surface area contributed by atoms with Crippen LogP contribution < -0.4 is 5.32 Å². The maximum atomic E-state index is 12.1. The van der Waals surface area contributed by atoms with E-state index in [-0.39, 0.29) is 11.9 Å². The third-order valence-corrected chi connectivity index (χ3v) is 4.56. The van der Waals surface area contributed by atoms with Crippen LogP contribution in [0.4, 0.5) is 0 Å². The molecule has 2 aromatic heterocycles. The molecule has 1 aliphatic rings. The van der Waals surface area contributed by atoms with Gasteiger partial charge in [0, 0.05) is 18.1 Å². The summed E-state index contributed by atoms with van der Waals surface area (Å²) in [6, 6.07) is 3.98. The second kappa shape index (κ2) is 6.87. The lowest BCUT2D eigenvalue weighted by Crippen LogP contribution is -2.40. The van der Waals surface area contributed by atoms with Crippen LogP contribution in [0.3, 0.4) is 0 Å². The number of hydrogen-bond donors (Lipinski definition) is 1. The van der Waals surface area contributed by atoms with E-state index in [1.165, 1.54) is 30.6 Å². The van der Waals surface area contributed by atoms with Crippen LogP contribution in [0.2, 0.25) is 0 Å². The molecule has 1 unspecified atom stereocenters. The molecule has 1 atom stereocenters. The summed E-state index contributed by atoms with van der Waals surface area (Å²) in [6.45, 7) is 2.66. The highest BCUT2D eigenvalue weighted by molar-refractivity contribution is 7.11. The zero-order valence-electron chi connectivity index (χ0n) is 11.8. The quantitative estimate of drug-likeness (QED) is 0.922. The van der Waals surface area contributed by atoms with E-state index in [1.807, 2.05) is 17.5 Å². The summed E-state index contributed by atoms with van der Waals surface area (Å²) in [6.07, 6.45) is 7.03. The maximum Gasteiger partial charge on any atom is 0.280 e. The van der Waals surface area contributed by atoms with Crippen LogP contribution in [0.1, 0.15) is 40.9 Å². The van der Waals surface area contributed by atoms with Gasteiger partial charge >= 0.3 is 0 Å². The van der Waals surface area contributed by atoms with Crippen molar-refractivity contribution < 1.29 is 9.21 Å². The van der Waals surface area contributed by atoms with E-state index >= 15 is 0 Å². The number of amides is 1. The summed E-state index contributed by atoms with van der Waals surface area (Å²) in [4.78, 5) is 18.5. The number of carbonyl (C=O) groups excluding carboxylic acids is 1. The molecule has 3 rings (SSSR count). The standard InChI is InChI=1S/C15H19N3O2S/c19-14(15-16-6-10-21-15)17-11-12(13-5-4-9-20-13)18-7-2-1-3-8-18/h4-6,9-10,12H,1-3,7-8,11H2,(H,17,19). The molecule has 112 valence electrons. The minimum atomic E-state index is -0.112. The minimum Gasteiger partial charge on any atom is -0.468 e. The Kier molecular flexibility index (Phi) is 4.67. The zero-order valence-corrected chi connectivity index (χ0v) is 12.6. The molecule has 2 aromatic rings. The van der Waals surface area contributed by atoms with E-state index in [9.17, 15) is 4.79 Å². The molecular weight excluding hydrogens is 286 g/mol. The van der Waals surface area contributed by atoms with Gasteiger partial charge in [-0.25, -0.2) is 4.98 Å². The van der Waals surface area contributed by atoms with Gasteiger partial charge in [-0.3, -0.25) is 9.69 Å². The fourth-order valence-electron chi connectivity index (χ4n) is 2.72. The molecule has 1 aliphatic heterocycles. The Morgan fingerprint density at radius 3 is 2.95 bits per heavy atom. The molecule has 1 N–H and O–H groups in total. The van der Waals surface area contributed by atoms with Crippen molar-refractivity contribution in [3.63, 3.8) is 0 Å². The van der Waals surface area contributed by atoms with Crippen LogP contribution in [-0.2, 0) is 0 Å². The molecule has 1 amide bonds. The number of piperidine rings is 1. The lowest BCUT2D eigenvalue weighted by atomic mass is 10.1. The van der Waals surface area contributed by atoms with Crippen molar-refractivity contribution in [2.45, 2.75) is 25.3 Å². The highest BCUT2D eigenvalue weighted by Gasteiger charge is 2.25. The SMILES string of the molecule is O=C(NCC(c1ccco1)N1CCCCC1)c1nccs1. The van der Waals surface area contributed by atoms with Crippen molar-refractivity contribution in [2.24, 2.45) is 0 Å². The van der Waals surface area contributed by atoms with Crippen LogP contribution in [0.15, 0.2) is 34.4 Å². The number of likely N-dealkylation sites (tertiary alicyclic amines) is 1. The lowest BCUT2D eigenvalue weighted by molar-refractivity contribution is 0.0914. The summed E-state index contributed by atoms with van der Waals surface area (Å²) in [5.41, 5.74) is 0. The lowest BCUT2D eigenvalue weighted by Gasteiger charge is -2.33. The monoisotopic (exact) mass is 305 g/mol. The van der Waals surface area contributed by atoms with E-state index in [0.717, 1.165) is 18.8 Å². The first kappa shape index (κ1) is 14.3. The van der Waals surface area contributed by atoms with Gasteiger partial charge in [0.2, 0.25) is 0 Å². The molecule has 0 spiro atoms. The summed E-state index contributed by atoms with van der Waals surface area (Å²) in [5.74, 6) is 0.801. The summed E-state index contributed by atoms with van der Waals surface area (Å²) >= 11 is 1.36. The van der Waals surface area contributed by atoms with E-state index in [2.05, 4.69) is 15.2 Å². The Bertz CT molecular complexity index is 548. The van der Waals surface area contributed by atoms with Crippen molar-refractivity contribution in [3.8, 4) is 0 Å². The molecule has 1 saturated heterocycles. The average molecular weight is 305 g/mol. The Hall–Kier alpha value is -1.66. The molecule has 0 radical (unpaired) electrons. The van der Waals surface area contributed by atoms with Gasteiger partial charge in [0.25, 0.3) is 5.91 Å². The first-order valence-corrected chi connectivity index (χ1v) is 8.18. The van der Waals surface area contributed by atoms with Gasteiger partial charge in [-0.05, 0) is 38.1 Å². The number of carbonyl (C=O) groups is 1. The van der Waals surface area contributed by atoms with Crippen LogP contribution in [0.25, 0.3) is 0 Å². The highest BCUT2D eigenvalue weighted by Crippen LogP contribution is 2.24. The van der Waals surface area contributed by atoms with Crippen LogP contribution in [-0.4, -0.2) is 35.4 Å². The second-order valence-electron chi connectivity index (χ2n) is 5.18. The first-order chi connectivity index (χ1) is 10.3. The fourth-order valence-corrected chi connectivity index (χ4v) is 3.27. The number of nitrogens with one attached hydrogen (secondary N) is 1. The molecule has 6 heteroatoms. The Morgan fingerprint density at radius 2 is 2.29 bits per heavy atom. The van der Waals surface area contributed by atoms with Crippen LogP contribution >= 0.6 is 11.3 Å². The largest absolute Gasteiger partial charge is 0.468 e. The van der Waals surface area contributed by atoms with Crippen LogP contribution in [0.5, 0.6) is 0 Å². The predicted octanol–water partition coefficient (Wildman–Crippen LogP) is 2.69. The highest BCUT2D eigenvalue weighted by atomic mass is 32.1. The van der Waals surface area contributed by atoms with E-state index in [4.69, 9.17) is 4.42 Å². The van der Waals surface area contributed by atoms with Crippen molar-refractivity contribution >= 4 is 17.2 Å². The Morgan fingerprint density at radius 1 is 1.43 bits per heavy atom. The van der Waals surface area contributed by atoms with E-state index < -0.39 is 0 Å². The van der Waals surface area contributed by atoms with E-state index in [1.54, 1.807) is 12.5 Å². The van der Waals surface area contributed by atoms with Gasteiger partial charge < -0.3 is 9.73 Å². The molecule has 0 bridgehead atoms. The molecule has 0 aromatic carbocycles. The van der Waals surface area contributed by atoms with Crippen molar-refractivity contribution in [2.75, 3.05) is 19.6 Å². The van der Waals surface area contributed by atoms with Gasteiger partial charge in [0.1, 0.15) is 5.76 Å². The van der Waals surface area contributed by atoms with Crippen molar-refractivity contribution in [1.82, 2.24) is 15.2 Å². The smallest absolute Gasteiger partial charge is 0.280 e. The van der Waals surface area contributed by atoms with Gasteiger partial charge in [-0.1, -0.05) is 6.42 Å². The third-order valence-electron chi connectivity index (χ3n) is 3.79. The normalized spacial score (nSPS) is 17.5. The zero-order chi connectivity index (χ0) is 14.5. The van der Waals surface area contributed by atoms with Gasteiger partial charge in [0.05, 0.1) is 12.3 Å².